The van der Waals surface area contributed by atoms with E-state index >= 15 is 9.59 Å². The normalized spacial score (nSPS) is 16.2. The van der Waals surface area contributed by atoms with Crippen molar-refractivity contribution in [3.63, 3.8) is 0 Å². The maximum Gasteiger partial charge on any atom is 0.261 e. The van der Waals surface area contributed by atoms with Crippen molar-refractivity contribution < 1.29 is 19.1 Å². The molecule has 338 valence electrons. The van der Waals surface area contributed by atoms with Crippen LogP contribution in [-0.4, -0.2) is 55.0 Å². The van der Waals surface area contributed by atoms with Gasteiger partial charge in [0.2, 0.25) is 0 Å². The molecule has 0 aliphatic carbocycles. The second-order valence-electron chi connectivity index (χ2n) is 16.6. The fourth-order valence-electron chi connectivity index (χ4n) is 7.83. The number of hydrogen-bond donors (Lipinski definition) is 0. The van der Waals surface area contributed by atoms with Crippen LogP contribution in [0.4, 0.5) is 0 Å². The lowest BCUT2D eigenvalue weighted by Gasteiger charge is -2.26. The van der Waals surface area contributed by atoms with Gasteiger partial charge in [-0.1, -0.05) is 215 Å². The van der Waals surface area contributed by atoms with E-state index in [0.29, 0.717) is 35.6 Å². The molecule has 1 unspecified atom stereocenters. The molecule has 0 N–H and O–H groups in total. The molecule has 0 aromatic carbocycles. The van der Waals surface area contributed by atoms with Gasteiger partial charge in [-0.15, -0.1) is 0 Å². The summed E-state index contributed by atoms with van der Waals surface area (Å²) >= 11 is 0. The van der Waals surface area contributed by atoms with Crippen LogP contribution in [0.1, 0.15) is 169 Å². The molecular weight excluding hydrogens is 753 g/mol. The second-order valence-corrected chi connectivity index (χ2v) is 16.6. The Labute approximate surface area is 373 Å². The first-order chi connectivity index (χ1) is 29.8. The smallest absolute Gasteiger partial charge is 0.261 e. The molecule has 61 heavy (non-hydrogen) atoms. The molecule has 0 aromatic heterocycles. The Morgan fingerprint density at radius 2 is 1.07 bits per heavy atom. The number of hydrogen-bond acceptors (Lipinski definition) is 4. The highest BCUT2D eigenvalue weighted by Gasteiger charge is 2.48. The Hall–Kier alpha value is -4.16. The Kier molecular flexibility index (Phi) is 29.1. The van der Waals surface area contributed by atoms with E-state index < -0.39 is 0 Å². The van der Waals surface area contributed by atoms with Crippen LogP contribution in [0.5, 0.6) is 0 Å². The maximum atomic E-state index is 15.1. The Bertz CT molecular complexity index is 1630. The third-order valence-electron chi connectivity index (χ3n) is 11.5. The van der Waals surface area contributed by atoms with Gasteiger partial charge in [-0.3, -0.25) is 9.59 Å². The summed E-state index contributed by atoms with van der Waals surface area (Å²) in [5, 5.41) is 0. The highest BCUT2D eigenvalue weighted by atomic mass is 16.5. The van der Waals surface area contributed by atoms with E-state index in [1.165, 1.54) is 96.3 Å². The quantitative estimate of drug-likeness (QED) is 0.0362. The third-order valence-corrected chi connectivity index (χ3v) is 11.5. The van der Waals surface area contributed by atoms with E-state index in [2.05, 4.69) is 20.4 Å². The number of ether oxygens (including phenoxy) is 2. The van der Waals surface area contributed by atoms with Crippen molar-refractivity contribution in [1.82, 2.24) is 9.80 Å². The first kappa shape index (κ1) is 53.0. The minimum absolute atomic E-state index is 0.0376. The van der Waals surface area contributed by atoms with E-state index in [1.807, 2.05) is 110 Å². The summed E-state index contributed by atoms with van der Waals surface area (Å²) in [5.41, 5.74) is 4.97. The Balaban J connectivity index is 2.63. The first-order valence-corrected chi connectivity index (χ1v) is 24.0. The van der Waals surface area contributed by atoms with Crippen LogP contribution in [0.2, 0.25) is 0 Å². The minimum atomic E-state index is -0.104. The molecule has 2 aliphatic heterocycles. The van der Waals surface area contributed by atoms with Crippen molar-refractivity contribution in [2.24, 2.45) is 0 Å². The molecule has 0 spiro atoms. The molecule has 0 bridgehead atoms. The molecule has 2 amide bonds. The lowest BCUT2D eigenvalue weighted by atomic mass is 10.00. The molecular formula is C55H84N2O4. The summed E-state index contributed by atoms with van der Waals surface area (Å²) in [6.07, 6.45) is 52.6. The van der Waals surface area contributed by atoms with Gasteiger partial charge >= 0.3 is 0 Å². The van der Waals surface area contributed by atoms with Gasteiger partial charge in [-0.25, -0.2) is 0 Å². The molecule has 0 fully saturated rings. The van der Waals surface area contributed by atoms with Crippen LogP contribution in [0, 0.1) is 0 Å². The van der Waals surface area contributed by atoms with Crippen molar-refractivity contribution in [1.29, 1.82) is 0 Å². The minimum Gasteiger partial charge on any atom is -0.504 e. The zero-order valence-corrected chi connectivity index (χ0v) is 39.7. The molecule has 0 saturated heterocycles. The van der Waals surface area contributed by atoms with Gasteiger partial charge in [0, 0.05) is 20.2 Å². The molecule has 0 aromatic rings. The van der Waals surface area contributed by atoms with Crippen molar-refractivity contribution in [2.45, 2.75) is 176 Å². The Morgan fingerprint density at radius 1 is 0.607 bits per heavy atom. The highest BCUT2D eigenvalue weighted by molar-refractivity contribution is 6.21. The Morgan fingerprint density at radius 3 is 1.51 bits per heavy atom. The van der Waals surface area contributed by atoms with Crippen LogP contribution in [0.25, 0.3) is 0 Å². The summed E-state index contributed by atoms with van der Waals surface area (Å²) in [6.45, 7) is 15.6. The predicted octanol–water partition coefficient (Wildman–Crippen LogP) is 14.8. The number of rotatable bonds is 35. The van der Waals surface area contributed by atoms with Gasteiger partial charge in [-0.05, 0) is 56.9 Å². The molecule has 2 heterocycles. The van der Waals surface area contributed by atoms with Crippen LogP contribution < -0.4 is 0 Å². The summed E-state index contributed by atoms with van der Waals surface area (Å²) in [5.74, 6) is -0.207. The molecule has 6 nitrogen and oxygen atoms in total. The average Bonchev–Trinajstić information content (AvgIpc) is 3.71. The molecule has 6 heteroatoms. The number of carbonyl (C=O) groups is 2. The number of nitrogens with zero attached hydrogens (tertiary/aromatic N) is 2. The van der Waals surface area contributed by atoms with E-state index in [4.69, 9.17) is 9.47 Å². The summed E-state index contributed by atoms with van der Waals surface area (Å²) in [6, 6.07) is 0. The van der Waals surface area contributed by atoms with E-state index in [0.717, 1.165) is 55.2 Å². The third kappa shape index (κ3) is 19.6. The summed E-state index contributed by atoms with van der Waals surface area (Å²) in [7, 11) is 3.31. The number of amides is 2. The largest absolute Gasteiger partial charge is 0.504 e. The average molecular weight is 837 g/mol. The summed E-state index contributed by atoms with van der Waals surface area (Å²) in [4.78, 5) is 34.0. The predicted molar refractivity (Wildman–Crippen MR) is 261 cm³/mol. The SMILES string of the molecule is C=C/C(C)=C/C(=C\C=C\C=C\OC)C1=C2C(=O)N(CCCCCCCCCCCCC)C(C(/C=C\C=C\C(C)OC)=C/C=C/C)=C2C(=O)N1CCCCCCCCCCCC. The first-order valence-electron chi connectivity index (χ1n) is 24.0. The fraction of sp³-hybridized carbons (Fsp3) is 0.564. The van der Waals surface area contributed by atoms with Gasteiger partial charge < -0.3 is 19.3 Å². The van der Waals surface area contributed by atoms with E-state index in [9.17, 15) is 0 Å². The zero-order valence-electron chi connectivity index (χ0n) is 39.7. The number of carbonyl (C=O) groups excluding carboxylic acids is 2. The lowest BCUT2D eigenvalue weighted by molar-refractivity contribution is -0.124. The van der Waals surface area contributed by atoms with Crippen molar-refractivity contribution in [3.8, 4) is 0 Å². The van der Waals surface area contributed by atoms with Crippen molar-refractivity contribution in [3.05, 3.63) is 131 Å². The van der Waals surface area contributed by atoms with Gasteiger partial charge in [0.25, 0.3) is 11.8 Å². The number of methoxy groups -OCH3 is 2. The summed E-state index contributed by atoms with van der Waals surface area (Å²) < 4.78 is 10.6. The molecule has 2 rings (SSSR count). The fourth-order valence-corrected chi connectivity index (χ4v) is 7.83. The van der Waals surface area contributed by atoms with Crippen molar-refractivity contribution >= 4 is 11.8 Å². The monoisotopic (exact) mass is 837 g/mol. The maximum absolute atomic E-state index is 15.1. The molecule has 0 saturated carbocycles. The van der Waals surface area contributed by atoms with Crippen LogP contribution in [0.3, 0.4) is 0 Å². The van der Waals surface area contributed by atoms with E-state index in [1.54, 1.807) is 20.5 Å². The zero-order chi connectivity index (χ0) is 44.5. The van der Waals surface area contributed by atoms with Crippen LogP contribution in [0.15, 0.2) is 131 Å². The highest BCUT2D eigenvalue weighted by Crippen LogP contribution is 2.45. The molecule has 0 radical (unpaired) electrons. The van der Waals surface area contributed by atoms with Gasteiger partial charge in [0.15, 0.2) is 0 Å². The lowest BCUT2D eigenvalue weighted by Crippen LogP contribution is -2.32. The van der Waals surface area contributed by atoms with Crippen LogP contribution in [-0.2, 0) is 19.1 Å². The van der Waals surface area contributed by atoms with Gasteiger partial charge in [0.1, 0.15) is 0 Å². The number of fused-ring (bicyclic) bond motifs is 1. The second kappa shape index (κ2) is 33.5. The molecule has 1 atom stereocenters. The van der Waals surface area contributed by atoms with Crippen molar-refractivity contribution in [2.75, 3.05) is 27.3 Å². The van der Waals surface area contributed by atoms with Crippen LogP contribution >= 0.6 is 0 Å². The number of allylic oxidation sites excluding steroid dienone is 13. The van der Waals surface area contributed by atoms with Gasteiger partial charge in [-0.2, -0.15) is 0 Å². The van der Waals surface area contributed by atoms with E-state index in [-0.39, 0.29) is 17.9 Å². The van der Waals surface area contributed by atoms with Gasteiger partial charge in [0.05, 0.1) is 42.0 Å². The number of unbranched alkanes of at least 4 members (excludes halogenated alkanes) is 19. The topological polar surface area (TPSA) is 59.1 Å². The molecule has 2 aliphatic rings. The standard InChI is InChI=1S/C55H84N2O4/c1-9-13-16-18-20-22-24-26-28-29-35-42-56-52(48(39-15-11-3)40-34-33-38-47(6)61-8)50-51(55(56)59)53(49(45-46(5)12-4)41-32-31-37-44-60-7)57(54(50)58)43-36-30-27-25-23-21-19-17-14-10-2/h11-12,15,31-34,37-41,44-45,47H,4,9-10,13-14,16-30,35-36,42-43H2,1-3,5-8H3/b15-11+,32-31+,38-33+,40-34-,44-37+,46-45+,48-39+,49-41+.